The smallest absolute Gasteiger partial charge is 0.123 e. The van der Waals surface area contributed by atoms with Crippen molar-refractivity contribution in [2.75, 3.05) is 0 Å². The van der Waals surface area contributed by atoms with Gasteiger partial charge in [0.1, 0.15) is 5.82 Å². The molecule has 2 fully saturated rings. The van der Waals surface area contributed by atoms with Gasteiger partial charge in [-0.2, -0.15) is 0 Å². The minimum absolute atomic E-state index is 0.0987. The molecule has 1 aromatic rings. The SMILES string of the molecule is Fc1cccc(C2CC3CCC(C2)N3)c1. The van der Waals surface area contributed by atoms with E-state index < -0.39 is 0 Å². The second-order valence-corrected chi connectivity index (χ2v) is 4.86. The molecule has 0 radical (unpaired) electrons. The van der Waals surface area contributed by atoms with Gasteiger partial charge >= 0.3 is 0 Å². The topological polar surface area (TPSA) is 12.0 Å². The molecule has 0 saturated carbocycles. The van der Waals surface area contributed by atoms with Gasteiger partial charge in [-0.25, -0.2) is 4.39 Å². The van der Waals surface area contributed by atoms with E-state index in [1.807, 2.05) is 6.07 Å². The van der Waals surface area contributed by atoms with E-state index in [1.165, 1.54) is 37.3 Å². The van der Waals surface area contributed by atoms with Crippen LogP contribution in [0.15, 0.2) is 24.3 Å². The summed E-state index contributed by atoms with van der Waals surface area (Å²) in [7, 11) is 0. The van der Waals surface area contributed by atoms with Gasteiger partial charge in [-0.1, -0.05) is 12.1 Å². The van der Waals surface area contributed by atoms with E-state index in [0.717, 1.165) is 0 Å². The van der Waals surface area contributed by atoms with Crippen molar-refractivity contribution in [2.45, 2.75) is 43.7 Å². The van der Waals surface area contributed by atoms with Gasteiger partial charge in [0.25, 0.3) is 0 Å². The number of fused-ring (bicyclic) bond motifs is 2. The molecule has 1 nitrogen and oxygen atoms in total. The Balaban J connectivity index is 1.83. The quantitative estimate of drug-likeness (QED) is 0.743. The Morgan fingerprint density at radius 1 is 1.13 bits per heavy atom. The third-order valence-electron chi connectivity index (χ3n) is 3.79. The van der Waals surface area contributed by atoms with Crippen molar-refractivity contribution in [1.29, 1.82) is 0 Å². The van der Waals surface area contributed by atoms with Crippen LogP contribution < -0.4 is 5.32 Å². The second-order valence-electron chi connectivity index (χ2n) is 4.86. The van der Waals surface area contributed by atoms with E-state index >= 15 is 0 Å². The zero-order valence-corrected chi connectivity index (χ0v) is 8.75. The zero-order valence-electron chi connectivity index (χ0n) is 8.75. The van der Waals surface area contributed by atoms with Crippen LogP contribution in [0.3, 0.4) is 0 Å². The fourth-order valence-electron chi connectivity index (χ4n) is 3.09. The molecule has 1 aromatic carbocycles. The fraction of sp³-hybridized carbons (Fsp3) is 0.538. The van der Waals surface area contributed by atoms with E-state index in [-0.39, 0.29) is 5.82 Å². The lowest BCUT2D eigenvalue weighted by molar-refractivity contribution is 0.362. The average Bonchev–Trinajstić information content (AvgIpc) is 2.58. The monoisotopic (exact) mass is 205 g/mol. The predicted molar refractivity (Wildman–Crippen MR) is 58.3 cm³/mol. The van der Waals surface area contributed by atoms with Crippen LogP contribution in [0.2, 0.25) is 0 Å². The fourth-order valence-corrected chi connectivity index (χ4v) is 3.09. The summed E-state index contributed by atoms with van der Waals surface area (Å²) in [5.41, 5.74) is 1.19. The summed E-state index contributed by atoms with van der Waals surface area (Å²) in [5.74, 6) is 0.470. The van der Waals surface area contributed by atoms with Crippen molar-refractivity contribution >= 4 is 0 Å². The van der Waals surface area contributed by atoms with Crippen molar-refractivity contribution in [1.82, 2.24) is 5.32 Å². The summed E-state index contributed by atoms with van der Waals surface area (Å²) in [4.78, 5) is 0. The summed E-state index contributed by atoms with van der Waals surface area (Å²) in [6.07, 6.45) is 4.97. The van der Waals surface area contributed by atoms with E-state index in [9.17, 15) is 4.39 Å². The summed E-state index contributed by atoms with van der Waals surface area (Å²) < 4.78 is 13.1. The Bertz CT molecular complexity index is 351. The molecule has 0 aromatic heterocycles. The molecule has 3 rings (SSSR count). The minimum atomic E-state index is -0.0987. The maximum atomic E-state index is 13.1. The number of rotatable bonds is 1. The molecule has 2 bridgehead atoms. The first-order valence-corrected chi connectivity index (χ1v) is 5.83. The van der Waals surface area contributed by atoms with Crippen LogP contribution in [0.4, 0.5) is 4.39 Å². The maximum Gasteiger partial charge on any atom is 0.123 e. The lowest BCUT2D eigenvalue weighted by Crippen LogP contribution is -2.37. The number of hydrogen-bond donors (Lipinski definition) is 1. The van der Waals surface area contributed by atoms with Gasteiger partial charge < -0.3 is 5.32 Å². The highest BCUT2D eigenvalue weighted by Gasteiger charge is 2.33. The normalized spacial score (nSPS) is 34.3. The molecule has 80 valence electrons. The predicted octanol–water partition coefficient (Wildman–Crippen LogP) is 2.82. The minimum Gasteiger partial charge on any atom is -0.311 e. The first-order valence-electron chi connectivity index (χ1n) is 5.83. The molecule has 0 aliphatic carbocycles. The summed E-state index contributed by atoms with van der Waals surface area (Å²) in [5, 5.41) is 3.61. The lowest BCUT2D eigenvalue weighted by atomic mass is 9.86. The van der Waals surface area contributed by atoms with Crippen LogP contribution in [-0.2, 0) is 0 Å². The van der Waals surface area contributed by atoms with Crippen LogP contribution in [0.5, 0.6) is 0 Å². The van der Waals surface area contributed by atoms with Crippen molar-refractivity contribution in [2.24, 2.45) is 0 Å². The number of hydrogen-bond acceptors (Lipinski definition) is 1. The zero-order chi connectivity index (χ0) is 10.3. The Hall–Kier alpha value is -0.890. The molecule has 0 amide bonds. The largest absolute Gasteiger partial charge is 0.311 e. The molecule has 2 heteroatoms. The summed E-state index contributed by atoms with van der Waals surface area (Å²) in [6, 6.07) is 8.48. The van der Waals surface area contributed by atoms with Crippen LogP contribution in [-0.4, -0.2) is 12.1 Å². The molecule has 2 aliphatic rings. The summed E-state index contributed by atoms with van der Waals surface area (Å²) in [6.45, 7) is 0. The highest BCUT2D eigenvalue weighted by atomic mass is 19.1. The van der Waals surface area contributed by atoms with E-state index in [0.29, 0.717) is 18.0 Å². The molecule has 2 aliphatic heterocycles. The van der Waals surface area contributed by atoms with Gasteiger partial charge in [0, 0.05) is 12.1 Å². The Morgan fingerprint density at radius 3 is 2.53 bits per heavy atom. The molecular formula is C13H16FN. The number of nitrogens with one attached hydrogen (secondary N) is 1. The third kappa shape index (κ3) is 1.78. The maximum absolute atomic E-state index is 13.1. The highest BCUT2D eigenvalue weighted by Crippen LogP contribution is 2.37. The molecule has 1 N–H and O–H groups in total. The second kappa shape index (κ2) is 3.60. The van der Waals surface area contributed by atoms with Crippen molar-refractivity contribution in [3.8, 4) is 0 Å². The van der Waals surface area contributed by atoms with Crippen LogP contribution in [0.25, 0.3) is 0 Å². The van der Waals surface area contributed by atoms with Crippen LogP contribution in [0, 0.1) is 5.82 Å². The standard InChI is InChI=1S/C13H16FN/c14-11-3-1-2-9(6-11)10-7-12-4-5-13(8-10)15-12/h1-3,6,10,12-13,15H,4-5,7-8H2. The van der Waals surface area contributed by atoms with Gasteiger partial charge in [0.05, 0.1) is 0 Å². The van der Waals surface area contributed by atoms with Gasteiger partial charge in [-0.05, 0) is 49.3 Å². The Morgan fingerprint density at radius 2 is 1.87 bits per heavy atom. The van der Waals surface area contributed by atoms with Crippen molar-refractivity contribution < 1.29 is 4.39 Å². The average molecular weight is 205 g/mol. The third-order valence-corrected chi connectivity index (χ3v) is 3.79. The number of piperidine rings is 1. The van der Waals surface area contributed by atoms with Gasteiger partial charge in [0.2, 0.25) is 0 Å². The first-order chi connectivity index (χ1) is 7.31. The molecule has 0 spiro atoms. The molecule has 2 heterocycles. The Kier molecular flexibility index (Phi) is 2.24. The number of halogens is 1. The Labute approximate surface area is 89.7 Å². The molecule has 2 unspecified atom stereocenters. The summed E-state index contributed by atoms with van der Waals surface area (Å²) >= 11 is 0. The molecule has 2 atom stereocenters. The lowest BCUT2D eigenvalue weighted by Gasteiger charge is -2.29. The molecular weight excluding hydrogens is 189 g/mol. The first kappa shape index (κ1) is 9.34. The highest BCUT2D eigenvalue weighted by molar-refractivity contribution is 5.22. The van der Waals surface area contributed by atoms with Gasteiger partial charge in [-0.15, -0.1) is 0 Å². The van der Waals surface area contributed by atoms with E-state index in [1.54, 1.807) is 6.07 Å². The van der Waals surface area contributed by atoms with E-state index in [2.05, 4.69) is 11.4 Å². The number of benzene rings is 1. The van der Waals surface area contributed by atoms with Crippen molar-refractivity contribution in [3.05, 3.63) is 35.6 Å². The van der Waals surface area contributed by atoms with Gasteiger partial charge in [0.15, 0.2) is 0 Å². The molecule has 2 saturated heterocycles. The van der Waals surface area contributed by atoms with Gasteiger partial charge in [-0.3, -0.25) is 0 Å². The van der Waals surface area contributed by atoms with E-state index in [4.69, 9.17) is 0 Å². The van der Waals surface area contributed by atoms with Crippen LogP contribution in [0.1, 0.15) is 37.2 Å². The van der Waals surface area contributed by atoms with Crippen molar-refractivity contribution in [3.63, 3.8) is 0 Å². The molecule has 15 heavy (non-hydrogen) atoms. The van der Waals surface area contributed by atoms with Crippen LogP contribution >= 0.6 is 0 Å².